The van der Waals surface area contributed by atoms with Gasteiger partial charge in [0.15, 0.2) is 0 Å². The number of hydrogen-bond acceptors (Lipinski definition) is 8. The van der Waals surface area contributed by atoms with Gasteiger partial charge in [0.2, 0.25) is 0 Å². The molecule has 0 saturated heterocycles. The van der Waals surface area contributed by atoms with Crippen molar-refractivity contribution >= 4 is 22.8 Å². The van der Waals surface area contributed by atoms with Gasteiger partial charge in [-0.15, -0.1) is 5.23 Å². The number of hydrogen-bond donors (Lipinski definition) is 3. The van der Waals surface area contributed by atoms with Gasteiger partial charge < -0.3 is 15.6 Å². The lowest BCUT2D eigenvalue weighted by atomic mass is 10.1. The van der Waals surface area contributed by atoms with Crippen LogP contribution in [0.1, 0.15) is 39.5 Å². The van der Waals surface area contributed by atoms with E-state index in [-0.39, 0.29) is 22.3 Å². The monoisotopic (exact) mass is 296 g/mol. The van der Waals surface area contributed by atoms with Gasteiger partial charge in [0.25, 0.3) is 0 Å². The molecular weight excluding hydrogens is 276 g/mol. The Bertz CT molecular complexity index is 469. The molecule has 118 valence electrons. The fourth-order valence-electron chi connectivity index (χ4n) is 1.85. The molecule has 8 heteroatoms. The van der Waals surface area contributed by atoms with E-state index in [1.54, 1.807) is 0 Å². The van der Waals surface area contributed by atoms with Crippen LogP contribution in [0.5, 0.6) is 0 Å². The van der Waals surface area contributed by atoms with E-state index in [0.717, 1.165) is 37.5 Å². The van der Waals surface area contributed by atoms with E-state index in [0.29, 0.717) is 0 Å². The molecule has 0 atom stereocenters. The summed E-state index contributed by atoms with van der Waals surface area (Å²) in [7, 11) is 0. The summed E-state index contributed by atoms with van der Waals surface area (Å²) in [5.41, 5.74) is 3.59. The molecule has 0 radical (unpaired) electrons. The fraction of sp³-hybridized carbons (Fsp3) is 0.462. The number of benzene rings is 1. The molecule has 0 unspecified atom stereocenters. The van der Waals surface area contributed by atoms with Crippen LogP contribution in [0.15, 0.2) is 23.3 Å². The summed E-state index contributed by atoms with van der Waals surface area (Å²) in [4.78, 5) is 0. The van der Waals surface area contributed by atoms with Gasteiger partial charge in [-0.3, -0.25) is 15.8 Å². The molecule has 0 spiro atoms. The van der Waals surface area contributed by atoms with Crippen molar-refractivity contribution in [2.24, 2.45) is 5.10 Å². The molecule has 8 nitrogen and oxygen atoms in total. The van der Waals surface area contributed by atoms with Crippen molar-refractivity contribution in [3.05, 3.63) is 28.6 Å². The molecule has 1 aromatic rings. The molecule has 21 heavy (non-hydrogen) atoms. The Kier molecular flexibility index (Phi) is 6.89. The summed E-state index contributed by atoms with van der Waals surface area (Å²) in [6, 6.07) is 3.70. The molecule has 0 bridgehead atoms. The smallest absolute Gasteiger partial charge is 0.121 e. The molecular formula is C13H20N4O4-2. The highest BCUT2D eigenvalue weighted by molar-refractivity contribution is 5.85. The minimum absolute atomic E-state index is 0.139. The number of anilines is 3. The lowest BCUT2D eigenvalue weighted by Crippen LogP contribution is -2.14. The molecule has 0 aromatic heterocycles. The van der Waals surface area contributed by atoms with Crippen LogP contribution in [0.2, 0.25) is 0 Å². The molecule has 0 heterocycles. The van der Waals surface area contributed by atoms with Crippen molar-refractivity contribution in [1.29, 1.82) is 0 Å². The van der Waals surface area contributed by atoms with Crippen LogP contribution in [0.25, 0.3) is 0 Å². The van der Waals surface area contributed by atoms with Gasteiger partial charge in [-0.1, -0.05) is 26.7 Å². The minimum atomic E-state index is -0.611. The van der Waals surface area contributed by atoms with E-state index in [9.17, 15) is 10.4 Å². The molecule has 1 aromatic carbocycles. The zero-order valence-corrected chi connectivity index (χ0v) is 12.1. The number of hydrazone groups is 1. The maximum Gasteiger partial charge on any atom is 0.121 e. The molecule has 3 N–H and O–H groups in total. The Morgan fingerprint density at radius 2 is 1.81 bits per heavy atom. The average Bonchev–Trinajstić information content (AvgIpc) is 2.44. The third-order valence-electron chi connectivity index (χ3n) is 2.82. The summed E-state index contributed by atoms with van der Waals surface area (Å²) in [5, 5.41) is 43.2. The first-order valence-corrected chi connectivity index (χ1v) is 6.77. The largest absolute Gasteiger partial charge is 0.769 e. The van der Waals surface area contributed by atoms with E-state index < -0.39 is 5.23 Å². The van der Waals surface area contributed by atoms with Gasteiger partial charge in [0, 0.05) is 11.4 Å². The van der Waals surface area contributed by atoms with Crippen molar-refractivity contribution in [3.8, 4) is 0 Å². The van der Waals surface area contributed by atoms with E-state index in [4.69, 9.17) is 10.4 Å². The first-order valence-electron chi connectivity index (χ1n) is 6.77. The third kappa shape index (κ3) is 5.20. The summed E-state index contributed by atoms with van der Waals surface area (Å²) in [6.07, 6.45) is 3.59. The Morgan fingerprint density at radius 3 is 2.29 bits per heavy atom. The Hall–Kier alpha value is -1.87. The SMILES string of the molecule is CCCC(CCC)=NNc1ccc(N([O-])[O-])cc1N(O)O. The lowest BCUT2D eigenvalue weighted by molar-refractivity contribution is 0.0295. The van der Waals surface area contributed by atoms with Crippen LogP contribution in [0, 0.1) is 10.4 Å². The van der Waals surface area contributed by atoms with Crippen molar-refractivity contribution < 1.29 is 10.4 Å². The topological polar surface area (TPSA) is 117 Å². The molecule has 0 fully saturated rings. The van der Waals surface area contributed by atoms with Crippen molar-refractivity contribution in [2.75, 3.05) is 15.9 Å². The van der Waals surface area contributed by atoms with E-state index >= 15 is 0 Å². The number of rotatable bonds is 8. The van der Waals surface area contributed by atoms with E-state index in [1.165, 1.54) is 12.1 Å². The number of nitrogens with one attached hydrogen (secondary N) is 1. The molecule has 0 aliphatic heterocycles. The Morgan fingerprint density at radius 1 is 1.19 bits per heavy atom. The number of nitrogens with zero attached hydrogens (tertiary/aromatic N) is 3. The van der Waals surface area contributed by atoms with Crippen molar-refractivity contribution in [1.82, 2.24) is 0 Å². The second kappa shape index (κ2) is 8.42. The predicted octanol–water partition coefficient (Wildman–Crippen LogP) is 3.44. The molecule has 0 aliphatic rings. The fourth-order valence-corrected chi connectivity index (χ4v) is 1.85. The summed E-state index contributed by atoms with van der Waals surface area (Å²) < 4.78 is 0. The molecule has 0 saturated carbocycles. The van der Waals surface area contributed by atoms with Gasteiger partial charge in [0.05, 0.1) is 5.69 Å². The second-order valence-corrected chi connectivity index (χ2v) is 4.54. The molecule has 0 aliphatic carbocycles. The van der Waals surface area contributed by atoms with Gasteiger partial charge >= 0.3 is 0 Å². The van der Waals surface area contributed by atoms with Gasteiger partial charge in [-0.05, 0) is 31.0 Å². The van der Waals surface area contributed by atoms with Gasteiger partial charge in [-0.2, -0.15) is 5.10 Å². The Labute approximate surface area is 123 Å². The zero-order valence-electron chi connectivity index (χ0n) is 12.1. The first-order chi connectivity index (χ1) is 9.99. The predicted molar refractivity (Wildman–Crippen MR) is 82.6 cm³/mol. The normalized spacial score (nSPS) is 10.2. The van der Waals surface area contributed by atoms with Crippen molar-refractivity contribution in [3.63, 3.8) is 0 Å². The van der Waals surface area contributed by atoms with Crippen LogP contribution in [0.4, 0.5) is 17.1 Å². The van der Waals surface area contributed by atoms with Crippen LogP contribution in [-0.2, 0) is 0 Å². The first kappa shape index (κ1) is 17.2. The van der Waals surface area contributed by atoms with Crippen LogP contribution in [0.3, 0.4) is 0 Å². The summed E-state index contributed by atoms with van der Waals surface area (Å²) in [5.74, 6) is 0. The van der Waals surface area contributed by atoms with E-state index in [2.05, 4.69) is 10.5 Å². The molecule has 1 rings (SSSR count). The van der Waals surface area contributed by atoms with Crippen molar-refractivity contribution in [2.45, 2.75) is 39.5 Å². The maximum atomic E-state index is 10.7. The highest BCUT2D eigenvalue weighted by Gasteiger charge is 2.08. The maximum absolute atomic E-state index is 10.7. The zero-order chi connectivity index (χ0) is 15.8. The van der Waals surface area contributed by atoms with Crippen LogP contribution in [-0.4, -0.2) is 16.1 Å². The average molecular weight is 296 g/mol. The molecule has 0 amide bonds. The lowest BCUT2D eigenvalue weighted by Gasteiger charge is -2.37. The highest BCUT2D eigenvalue weighted by Crippen LogP contribution is 2.29. The summed E-state index contributed by atoms with van der Waals surface area (Å²) in [6.45, 7) is 4.09. The third-order valence-corrected chi connectivity index (χ3v) is 2.82. The van der Waals surface area contributed by atoms with E-state index in [1.807, 2.05) is 13.8 Å². The minimum Gasteiger partial charge on any atom is -0.769 e. The van der Waals surface area contributed by atoms with Crippen LogP contribution >= 0.6 is 0 Å². The second-order valence-electron chi connectivity index (χ2n) is 4.54. The summed E-state index contributed by atoms with van der Waals surface area (Å²) >= 11 is 0. The van der Waals surface area contributed by atoms with Gasteiger partial charge in [0.1, 0.15) is 5.69 Å². The Balaban J connectivity index is 2.98. The quantitative estimate of drug-likeness (QED) is 0.496. The van der Waals surface area contributed by atoms with Crippen LogP contribution < -0.4 is 15.9 Å². The standard InChI is InChI=1S/C13H20N4O4/c1-3-5-10(6-4-2)14-15-12-8-7-11(16(18)19)9-13(12)17(20)21/h7-9,15,20-21H,3-6H2,1-2H3/q-2. The highest BCUT2D eigenvalue weighted by atomic mass is 16.8. The van der Waals surface area contributed by atoms with Gasteiger partial charge in [-0.25, -0.2) is 0 Å².